The SMILES string of the molecule is CNC(=O)CCOCCNc1cccc2c1C(=O)N(C1CCC(=O)NC1=O)C2=O. The summed E-state index contributed by atoms with van der Waals surface area (Å²) < 4.78 is 5.37. The molecule has 0 spiro atoms. The van der Waals surface area contributed by atoms with Crippen LogP contribution in [0.1, 0.15) is 40.0 Å². The van der Waals surface area contributed by atoms with Crippen molar-refractivity contribution in [1.29, 1.82) is 0 Å². The van der Waals surface area contributed by atoms with E-state index in [9.17, 15) is 24.0 Å². The van der Waals surface area contributed by atoms with Gasteiger partial charge in [-0.1, -0.05) is 6.07 Å². The van der Waals surface area contributed by atoms with E-state index in [-0.39, 0.29) is 42.9 Å². The van der Waals surface area contributed by atoms with Crippen LogP contribution in [0, 0.1) is 0 Å². The van der Waals surface area contributed by atoms with E-state index in [0.717, 1.165) is 4.90 Å². The maximum absolute atomic E-state index is 12.9. The first kappa shape index (κ1) is 20.5. The van der Waals surface area contributed by atoms with E-state index in [1.54, 1.807) is 19.2 Å². The number of nitrogens with one attached hydrogen (secondary N) is 3. The van der Waals surface area contributed by atoms with Crippen LogP contribution >= 0.6 is 0 Å². The zero-order chi connectivity index (χ0) is 21.0. The lowest BCUT2D eigenvalue weighted by Gasteiger charge is -2.27. The third-order valence-corrected chi connectivity index (χ3v) is 4.78. The molecule has 10 heteroatoms. The van der Waals surface area contributed by atoms with Gasteiger partial charge in [0.05, 0.1) is 24.3 Å². The largest absolute Gasteiger partial charge is 0.382 e. The van der Waals surface area contributed by atoms with Gasteiger partial charge in [0, 0.05) is 32.1 Å². The van der Waals surface area contributed by atoms with Crippen LogP contribution in [-0.4, -0.2) is 67.3 Å². The predicted octanol–water partition coefficient (Wildman–Crippen LogP) is -0.348. The molecule has 2 aliphatic rings. The Morgan fingerprint density at radius 3 is 2.72 bits per heavy atom. The molecule has 10 nitrogen and oxygen atoms in total. The molecule has 1 saturated heterocycles. The fourth-order valence-corrected chi connectivity index (χ4v) is 3.31. The lowest BCUT2D eigenvalue weighted by molar-refractivity contribution is -0.136. The van der Waals surface area contributed by atoms with E-state index in [2.05, 4.69) is 16.0 Å². The van der Waals surface area contributed by atoms with Crippen LogP contribution in [0.3, 0.4) is 0 Å². The highest BCUT2D eigenvalue weighted by Crippen LogP contribution is 2.32. The number of carbonyl (C=O) groups excluding carboxylic acids is 5. The Labute approximate surface area is 166 Å². The highest BCUT2D eigenvalue weighted by atomic mass is 16.5. The maximum Gasteiger partial charge on any atom is 0.264 e. The van der Waals surface area contributed by atoms with Crippen LogP contribution in [-0.2, 0) is 19.1 Å². The minimum absolute atomic E-state index is 0.0717. The highest BCUT2D eigenvalue weighted by molar-refractivity contribution is 6.25. The van der Waals surface area contributed by atoms with Gasteiger partial charge in [0.25, 0.3) is 11.8 Å². The normalized spacial score (nSPS) is 18.5. The number of ether oxygens (including phenoxy) is 1. The first-order valence-electron chi connectivity index (χ1n) is 9.30. The van der Waals surface area contributed by atoms with E-state index >= 15 is 0 Å². The molecule has 1 unspecified atom stereocenters. The molecule has 5 amide bonds. The molecule has 2 heterocycles. The van der Waals surface area contributed by atoms with E-state index in [0.29, 0.717) is 18.8 Å². The number of fused-ring (bicyclic) bond motifs is 1. The summed E-state index contributed by atoms with van der Waals surface area (Å²) in [6.45, 7) is 0.943. The third-order valence-electron chi connectivity index (χ3n) is 4.78. The van der Waals surface area contributed by atoms with E-state index in [1.807, 2.05) is 0 Å². The van der Waals surface area contributed by atoms with Gasteiger partial charge in [-0.15, -0.1) is 0 Å². The minimum atomic E-state index is -0.999. The number of benzene rings is 1. The van der Waals surface area contributed by atoms with Crippen molar-refractivity contribution in [2.75, 3.05) is 32.1 Å². The number of amides is 5. The average Bonchev–Trinajstić information content (AvgIpc) is 2.96. The first-order valence-corrected chi connectivity index (χ1v) is 9.30. The van der Waals surface area contributed by atoms with Gasteiger partial charge in [-0.3, -0.25) is 34.2 Å². The molecule has 3 rings (SSSR count). The van der Waals surface area contributed by atoms with Gasteiger partial charge in [-0.05, 0) is 18.6 Å². The molecule has 3 N–H and O–H groups in total. The summed E-state index contributed by atoms with van der Waals surface area (Å²) in [5.74, 6) is -2.29. The quantitative estimate of drug-likeness (QED) is 0.400. The molecule has 0 radical (unpaired) electrons. The van der Waals surface area contributed by atoms with Crippen molar-refractivity contribution in [3.8, 4) is 0 Å². The molecule has 0 aliphatic carbocycles. The Kier molecular flexibility index (Phi) is 6.23. The van der Waals surface area contributed by atoms with Crippen LogP contribution in [0.15, 0.2) is 18.2 Å². The van der Waals surface area contributed by atoms with Crippen LogP contribution < -0.4 is 16.0 Å². The molecule has 1 fully saturated rings. The zero-order valence-electron chi connectivity index (χ0n) is 15.9. The lowest BCUT2D eigenvalue weighted by atomic mass is 10.0. The van der Waals surface area contributed by atoms with Crippen LogP contribution in [0.5, 0.6) is 0 Å². The van der Waals surface area contributed by atoms with Gasteiger partial charge < -0.3 is 15.4 Å². The fraction of sp³-hybridized carbons (Fsp3) is 0.421. The number of piperidine rings is 1. The van der Waals surface area contributed by atoms with Crippen LogP contribution in [0.2, 0.25) is 0 Å². The molecular formula is C19H22N4O6. The number of anilines is 1. The Hall–Kier alpha value is -3.27. The van der Waals surface area contributed by atoms with Crippen molar-refractivity contribution >= 4 is 35.2 Å². The number of nitrogens with zero attached hydrogens (tertiary/aromatic N) is 1. The summed E-state index contributed by atoms with van der Waals surface area (Å²) >= 11 is 0. The maximum atomic E-state index is 12.9. The summed E-state index contributed by atoms with van der Waals surface area (Å²) in [5.41, 5.74) is 0.878. The van der Waals surface area contributed by atoms with E-state index in [4.69, 9.17) is 4.74 Å². The smallest absolute Gasteiger partial charge is 0.264 e. The molecule has 0 bridgehead atoms. The van der Waals surface area contributed by atoms with Crippen molar-refractivity contribution in [2.24, 2.45) is 0 Å². The number of hydrogen-bond donors (Lipinski definition) is 3. The number of hydrogen-bond acceptors (Lipinski definition) is 7. The zero-order valence-corrected chi connectivity index (χ0v) is 15.9. The summed E-state index contributed by atoms with van der Waals surface area (Å²) in [5, 5.41) is 7.73. The van der Waals surface area contributed by atoms with Crippen LogP contribution in [0.25, 0.3) is 0 Å². The molecule has 1 atom stereocenters. The molecule has 154 valence electrons. The van der Waals surface area contributed by atoms with Gasteiger partial charge >= 0.3 is 0 Å². The summed E-state index contributed by atoms with van der Waals surface area (Å²) in [6.07, 6.45) is 0.436. The lowest BCUT2D eigenvalue weighted by Crippen LogP contribution is -2.54. The van der Waals surface area contributed by atoms with Crippen molar-refractivity contribution in [1.82, 2.24) is 15.5 Å². The van der Waals surface area contributed by atoms with Crippen molar-refractivity contribution in [2.45, 2.75) is 25.3 Å². The van der Waals surface area contributed by atoms with Gasteiger partial charge in [0.1, 0.15) is 6.04 Å². The van der Waals surface area contributed by atoms with Gasteiger partial charge in [0.2, 0.25) is 17.7 Å². The topological polar surface area (TPSA) is 134 Å². The van der Waals surface area contributed by atoms with Gasteiger partial charge in [-0.25, -0.2) is 0 Å². The highest BCUT2D eigenvalue weighted by Gasteiger charge is 2.45. The predicted molar refractivity (Wildman–Crippen MR) is 101 cm³/mol. The van der Waals surface area contributed by atoms with Crippen molar-refractivity contribution < 1.29 is 28.7 Å². The molecular weight excluding hydrogens is 380 g/mol. The molecule has 1 aromatic rings. The Bertz CT molecular complexity index is 868. The second kappa shape index (κ2) is 8.82. The van der Waals surface area contributed by atoms with Gasteiger partial charge in [0.15, 0.2) is 0 Å². The standard InChI is InChI=1S/C19H22N4O6/c1-20-14(24)7-9-29-10-8-21-12-4-2-3-11-16(12)19(28)23(18(11)27)13-5-6-15(25)22-17(13)26/h2-4,13,21H,5-10H2,1H3,(H,20,24)(H,22,25,26). The minimum Gasteiger partial charge on any atom is -0.382 e. The van der Waals surface area contributed by atoms with Crippen molar-refractivity contribution in [3.63, 3.8) is 0 Å². The Balaban J connectivity index is 1.65. The van der Waals surface area contributed by atoms with E-state index in [1.165, 1.54) is 6.07 Å². The molecule has 1 aromatic carbocycles. The summed E-state index contributed by atoms with van der Waals surface area (Å²) in [4.78, 5) is 61.2. The Morgan fingerprint density at radius 1 is 1.21 bits per heavy atom. The average molecular weight is 402 g/mol. The molecule has 2 aliphatic heterocycles. The molecule has 0 aromatic heterocycles. The second-order valence-corrected chi connectivity index (χ2v) is 6.64. The van der Waals surface area contributed by atoms with Gasteiger partial charge in [-0.2, -0.15) is 0 Å². The molecule has 29 heavy (non-hydrogen) atoms. The Morgan fingerprint density at radius 2 is 2.00 bits per heavy atom. The molecule has 0 saturated carbocycles. The summed E-state index contributed by atoms with van der Waals surface area (Å²) in [7, 11) is 1.55. The number of rotatable bonds is 8. The van der Waals surface area contributed by atoms with E-state index < -0.39 is 29.7 Å². The fourth-order valence-electron chi connectivity index (χ4n) is 3.31. The van der Waals surface area contributed by atoms with Crippen LogP contribution in [0.4, 0.5) is 5.69 Å². The third kappa shape index (κ3) is 4.27. The summed E-state index contributed by atoms with van der Waals surface area (Å²) in [6, 6.07) is 3.85. The first-order chi connectivity index (χ1) is 13.9. The number of carbonyl (C=O) groups is 5. The number of imide groups is 2. The second-order valence-electron chi connectivity index (χ2n) is 6.64. The van der Waals surface area contributed by atoms with Crippen molar-refractivity contribution in [3.05, 3.63) is 29.3 Å². The monoisotopic (exact) mass is 402 g/mol.